The van der Waals surface area contributed by atoms with Crippen LogP contribution in [0.4, 0.5) is 0 Å². The molecule has 6 heteroatoms. The third kappa shape index (κ3) is 1.53. The molecule has 2 unspecified atom stereocenters. The minimum absolute atomic E-state index is 0.266. The van der Waals surface area contributed by atoms with Crippen molar-refractivity contribution >= 4 is 16.3 Å². The number of nitrogens with zero attached hydrogens (tertiary/aromatic N) is 4. The van der Waals surface area contributed by atoms with E-state index in [9.17, 15) is 0 Å². The Bertz CT molecular complexity index is 433. The van der Waals surface area contributed by atoms with Gasteiger partial charge in [-0.05, 0) is 12.8 Å². The zero-order chi connectivity index (χ0) is 10.3. The minimum Gasteiger partial charge on any atom is -0.327 e. The molecule has 0 amide bonds. The van der Waals surface area contributed by atoms with E-state index in [-0.39, 0.29) is 6.04 Å². The van der Waals surface area contributed by atoms with Gasteiger partial charge in [0.05, 0.1) is 0 Å². The number of rotatable bonds is 1. The van der Waals surface area contributed by atoms with E-state index in [1.807, 2.05) is 0 Å². The van der Waals surface area contributed by atoms with Crippen LogP contribution >= 0.6 is 11.3 Å². The van der Waals surface area contributed by atoms with Crippen LogP contribution in [0.25, 0.3) is 4.96 Å². The molecule has 0 radical (unpaired) electrons. The largest absolute Gasteiger partial charge is 0.327 e. The van der Waals surface area contributed by atoms with Crippen molar-refractivity contribution in [2.45, 2.75) is 37.6 Å². The molecule has 1 saturated carbocycles. The molecule has 0 saturated heterocycles. The molecule has 2 aromatic heterocycles. The van der Waals surface area contributed by atoms with E-state index in [0.717, 1.165) is 22.8 Å². The lowest BCUT2D eigenvalue weighted by atomic mass is 9.86. The summed E-state index contributed by atoms with van der Waals surface area (Å²) in [5.41, 5.74) is 6.12. The van der Waals surface area contributed by atoms with Gasteiger partial charge in [-0.15, -0.1) is 10.2 Å². The summed E-state index contributed by atoms with van der Waals surface area (Å²) in [6.07, 6.45) is 6.43. The molecule has 80 valence electrons. The molecule has 3 rings (SSSR count). The van der Waals surface area contributed by atoms with Gasteiger partial charge in [-0.3, -0.25) is 0 Å². The Morgan fingerprint density at radius 2 is 2.27 bits per heavy atom. The third-order valence-electron chi connectivity index (χ3n) is 3.04. The highest BCUT2D eigenvalue weighted by Crippen LogP contribution is 2.33. The van der Waals surface area contributed by atoms with Crippen LogP contribution < -0.4 is 5.73 Å². The molecule has 0 spiro atoms. The Morgan fingerprint density at radius 1 is 1.40 bits per heavy atom. The SMILES string of the molecule is NC1CCCCC1c1nn2cnnc2s1. The number of hydrogen-bond acceptors (Lipinski definition) is 5. The lowest BCUT2D eigenvalue weighted by Crippen LogP contribution is -2.31. The fourth-order valence-electron chi connectivity index (χ4n) is 2.19. The maximum atomic E-state index is 6.12. The van der Waals surface area contributed by atoms with E-state index in [2.05, 4.69) is 15.3 Å². The van der Waals surface area contributed by atoms with E-state index < -0.39 is 0 Å². The van der Waals surface area contributed by atoms with Gasteiger partial charge in [0.2, 0.25) is 4.96 Å². The molecule has 2 N–H and O–H groups in total. The van der Waals surface area contributed by atoms with Gasteiger partial charge in [-0.1, -0.05) is 24.2 Å². The second-order valence-electron chi connectivity index (χ2n) is 4.05. The molecule has 1 aliphatic rings. The highest BCUT2D eigenvalue weighted by Gasteiger charge is 2.26. The van der Waals surface area contributed by atoms with Crippen LogP contribution in [0.2, 0.25) is 0 Å². The lowest BCUT2D eigenvalue weighted by molar-refractivity contribution is 0.382. The molecule has 0 aliphatic heterocycles. The Hall–Kier alpha value is -1.01. The van der Waals surface area contributed by atoms with Gasteiger partial charge >= 0.3 is 0 Å². The fourth-order valence-corrected chi connectivity index (χ4v) is 3.22. The summed E-state index contributed by atoms with van der Waals surface area (Å²) in [4.78, 5) is 0.864. The predicted molar refractivity (Wildman–Crippen MR) is 57.8 cm³/mol. The van der Waals surface area contributed by atoms with Gasteiger partial charge < -0.3 is 5.73 Å². The molecule has 2 atom stereocenters. The Morgan fingerprint density at radius 3 is 3.07 bits per heavy atom. The molecule has 15 heavy (non-hydrogen) atoms. The van der Waals surface area contributed by atoms with Crippen LogP contribution in [0.3, 0.4) is 0 Å². The molecular weight excluding hydrogens is 210 g/mol. The van der Waals surface area contributed by atoms with Crippen LogP contribution in [-0.4, -0.2) is 25.9 Å². The van der Waals surface area contributed by atoms with Gasteiger partial charge in [0.1, 0.15) is 11.3 Å². The second kappa shape index (κ2) is 3.53. The highest BCUT2D eigenvalue weighted by molar-refractivity contribution is 7.16. The van der Waals surface area contributed by atoms with Crippen molar-refractivity contribution in [2.24, 2.45) is 5.73 Å². The van der Waals surface area contributed by atoms with Crippen molar-refractivity contribution in [3.63, 3.8) is 0 Å². The maximum absolute atomic E-state index is 6.12. The van der Waals surface area contributed by atoms with Gasteiger partial charge in [-0.2, -0.15) is 9.61 Å². The number of nitrogens with two attached hydrogens (primary N) is 1. The van der Waals surface area contributed by atoms with Crippen LogP contribution in [0, 0.1) is 0 Å². The standard InChI is InChI=1S/C9H13N5S/c10-7-4-2-1-3-6(7)8-13-14-5-11-12-9(14)15-8/h5-7H,1-4,10H2. The first-order valence-corrected chi connectivity index (χ1v) is 6.08. The molecule has 2 heterocycles. The number of aromatic nitrogens is 4. The van der Waals surface area contributed by atoms with Gasteiger partial charge in [0, 0.05) is 12.0 Å². The smallest absolute Gasteiger partial charge is 0.234 e. The molecule has 1 aliphatic carbocycles. The van der Waals surface area contributed by atoms with Crippen molar-refractivity contribution in [1.29, 1.82) is 0 Å². The summed E-state index contributed by atoms with van der Waals surface area (Å²) in [6.45, 7) is 0. The fraction of sp³-hybridized carbons (Fsp3) is 0.667. The monoisotopic (exact) mass is 223 g/mol. The summed E-state index contributed by atoms with van der Waals surface area (Å²) < 4.78 is 1.74. The van der Waals surface area contributed by atoms with Crippen LogP contribution in [0.15, 0.2) is 6.33 Å². The van der Waals surface area contributed by atoms with Crippen LogP contribution in [-0.2, 0) is 0 Å². The molecule has 5 nitrogen and oxygen atoms in total. The molecule has 2 aromatic rings. The first-order chi connectivity index (χ1) is 7.34. The summed E-state index contributed by atoms with van der Waals surface area (Å²) in [6, 6.07) is 0.266. The lowest BCUT2D eigenvalue weighted by Gasteiger charge is -2.26. The first-order valence-electron chi connectivity index (χ1n) is 5.27. The molecule has 0 aromatic carbocycles. The average Bonchev–Trinajstić information content (AvgIpc) is 2.77. The van der Waals surface area contributed by atoms with Crippen molar-refractivity contribution in [1.82, 2.24) is 19.8 Å². The molecular formula is C9H13N5S. The predicted octanol–water partition coefficient (Wildman–Crippen LogP) is 1.17. The Kier molecular flexibility index (Phi) is 2.17. The third-order valence-corrected chi connectivity index (χ3v) is 4.08. The summed E-state index contributed by atoms with van der Waals surface area (Å²) in [7, 11) is 0. The van der Waals surface area contributed by atoms with E-state index in [1.165, 1.54) is 12.8 Å². The summed E-state index contributed by atoms with van der Waals surface area (Å²) in [5, 5.41) is 13.4. The molecule has 1 fully saturated rings. The zero-order valence-corrected chi connectivity index (χ0v) is 9.15. The summed E-state index contributed by atoms with van der Waals surface area (Å²) >= 11 is 1.61. The maximum Gasteiger partial charge on any atom is 0.234 e. The van der Waals surface area contributed by atoms with E-state index in [0.29, 0.717) is 5.92 Å². The van der Waals surface area contributed by atoms with Crippen molar-refractivity contribution < 1.29 is 0 Å². The first kappa shape index (κ1) is 9.23. The van der Waals surface area contributed by atoms with Gasteiger partial charge in [0.15, 0.2) is 0 Å². The average molecular weight is 223 g/mol. The van der Waals surface area contributed by atoms with Crippen molar-refractivity contribution in [2.75, 3.05) is 0 Å². The van der Waals surface area contributed by atoms with Crippen molar-refractivity contribution in [3.05, 3.63) is 11.3 Å². The zero-order valence-electron chi connectivity index (χ0n) is 8.33. The van der Waals surface area contributed by atoms with Crippen LogP contribution in [0.5, 0.6) is 0 Å². The quantitative estimate of drug-likeness (QED) is 0.788. The minimum atomic E-state index is 0.266. The molecule has 0 bridgehead atoms. The number of fused-ring (bicyclic) bond motifs is 1. The highest BCUT2D eigenvalue weighted by atomic mass is 32.1. The van der Waals surface area contributed by atoms with Gasteiger partial charge in [0.25, 0.3) is 0 Å². The van der Waals surface area contributed by atoms with Gasteiger partial charge in [-0.25, -0.2) is 0 Å². The van der Waals surface area contributed by atoms with E-state index in [1.54, 1.807) is 22.2 Å². The van der Waals surface area contributed by atoms with Crippen molar-refractivity contribution in [3.8, 4) is 0 Å². The topological polar surface area (TPSA) is 69.1 Å². The Balaban J connectivity index is 1.95. The summed E-state index contributed by atoms with van der Waals surface area (Å²) in [5.74, 6) is 0.422. The van der Waals surface area contributed by atoms with E-state index in [4.69, 9.17) is 5.73 Å². The normalized spacial score (nSPS) is 27.3. The second-order valence-corrected chi connectivity index (χ2v) is 5.04. The Labute approximate surface area is 91.3 Å². The van der Waals surface area contributed by atoms with E-state index >= 15 is 0 Å². The number of hydrogen-bond donors (Lipinski definition) is 1. The van der Waals surface area contributed by atoms with Crippen LogP contribution in [0.1, 0.15) is 36.6 Å².